The Balaban J connectivity index is 2.01. The highest BCUT2D eigenvalue weighted by molar-refractivity contribution is 6.03. The molecule has 0 fully saturated rings. The third-order valence-electron chi connectivity index (χ3n) is 4.99. The Labute approximate surface area is 164 Å². The van der Waals surface area contributed by atoms with Crippen LogP contribution in [-0.2, 0) is 35.0 Å². The SMILES string of the molecule is COCCN1CCCc2ccc(N3COCC(C(=O)OC)=C3C(=O)OC)cc21. The molecule has 8 nitrogen and oxygen atoms in total. The van der Waals surface area contributed by atoms with Crippen molar-refractivity contribution in [2.24, 2.45) is 0 Å². The molecule has 8 heteroatoms. The lowest BCUT2D eigenvalue weighted by Gasteiger charge is -2.35. The Hall–Kier alpha value is -2.58. The number of methoxy groups -OCH3 is 3. The average Bonchev–Trinajstić information content (AvgIpc) is 2.75. The minimum atomic E-state index is -0.607. The Morgan fingerprint density at radius 2 is 1.93 bits per heavy atom. The molecule has 0 aromatic heterocycles. The van der Waals surface area contributed by atoms with Crippen LogP contribution in [0.1, 0.15) is 12.0 Å². The third kappa shape index (κ3) is 3.98. The molecule has 0 atom stereocenters. The van der Waals surface area contributed by atoms with Gasteiger partial charge in [-0.2, -0.15) is 0 Å². The zero-order chi connectivity index (χ0) is 20.1. The Morgan fingerprint density at radius 3 is 2.64 bits per heavy atom. The second kappa shape index (κ2) is 9.07. The van der Waals surface area contributed by atoms with E-state index >= 15 is 0 Å². The van der Waals surface area contributed by atoms with Crippen LogP contribution in [0.25, 0.3) is 0 Å². The lowest BCUT2D eigenvalue weighted by molar-refractivity contribution is -0.140. The van der Waals surface area contributed by atoms with Crippen LogP contribution >= 0.6 is 0 Å². The predicted octanol–water partition coefficient (Wildman–Crippen LogP) is 1.48. The van der Waals surface area contributed by atoms with Crippen LogP contribution in [0.5, 0.6) is 0 Å². The van der Waals surface area contributed by atoms with E-state index in [1.807, 2.05) is 12.1 Å². The van der Waals surface area contributed by atoms with Gasteiger partial charge in [-0.15, -0.1) is 0 Å². The Kier molecular flexibility index (Phi) is 6.53. The number of fused-ring (bicyclic) bond motifs is 1. The van der Waals surface area contributed by atoms with E-state index in [2.05, 4.69) is 11.0 Å². The number of esters is 2. The van der Waals surface area contributed by atoms with Crippen molar-refractivity contribution in [2.75, 3.05) is 64.2 Å². The summed E-state index contributed by atoms with van der Waals surface area (Å²) in [4.78, 5) is 28.6. The van der Waals surface area contributed by atoms with Crippen molar-refractivity contribution in [2.45, 2.75) is 12.8 Å². The van der Waals surface area contributed by atoms with Crippen molar-refractivity contribution in [1.29, 1.82) is 0 Å². The largest absolute Gasteiger partial charge is 0.466 e. The monoisotopic (exact) mass is 390 g/mol. The molecule has 0 unspecified atom stereocenters. The molecule has 2 aliphatic rings. The van der Waals surface area contributed by atoms with Crippen molar-refractivity contribution < 1.29 is 28.5 Å². The summed E-state index contributed by atoms with van der Waals surface area (Å²) in [5.41, 5.74) is 3.41. The summed E-state index contributed by atoms with van der Waals surface area (Å²) in [5, 5.41) is 0. The van der Waals surface area contributed by atoms with Crippen LogP contribution < -0.4 is 9.80 Å². The molecule has 2 heterocycles. The number of benzene rings is 1. The standard InChI is InChI=1S/C20H26N2O6/c1-25-10-9-21-8-4-5-14-6-7-15(11-17(14)21)22-13-28-12-16(19(23)26-2)18(22)20(24)27-3/h6-7,11H,4-5,8-10,12-13H2,1-3H3. The van der Waals surface area contributed by atoms with Crippen molar-refractivity contribution >= 4 is 23.3 Å². The predicted molar refractivity (Wildman–Crippen MR) is 103 cm³/mol. The van der Waals surface area contributed by atoms with E-state index in [0.717, 1.165) is 37.3 Å². The van der Waals surface area contributed by atoms with Crippen molar-refractivity contribution in [3.63, 3.8) is 0 Å². The van der Waals surface area contributed by atoms with Crippen LogP contribution in [0, 0.1) is 0 Å². The van der Waals surface area contributed by atoms with E-state index in [-0.39, 0.29) is 24.6 Å². The normalized spacial score (nSPS) is 16.7. The zero-order valence-electron chi connectivity index (χ0n) is 16.5. The van der Waals surface area contributed by atoms with Crippen molar-refractivity contribution in [3.8, 4) is 0 Å². The summed E-state index contributed by atoms with van der Waals surface area (Å²) in [6, 6.07) is 6.02. The van der Waals surface area contributed by atoms with Crippen molar-refractivity contribution in [3.05, 3.63) is 35.0 Å². The molecule has 0 aliphatic carbocycles. The Bertz CT molecular complexity index is 776. The molecule has 3 rings (SSSR count). The maximum Gasteiger partial charge on any atom is 0.355 e. The van der Waals surface area contributed by atoms with Gasteiger partial charge in [0.05, 0.1) is 33.0 Å². The number of carbonyl (C=O) groups is 2. The number of nitrogens with zero attached hydrogens (tertiary/aromatic N) is 2. The number of anilines is 2. The highest BCUT2D eigenvalue weighted by Gasteiger charge is 2.33. The zero-order valence-corrected chi connectivity index (χ0v) is 16.5. The molecular formula is C20H26N2O6. The van der Waals surface area contributed by atoms with E-state index < -0.39 is 11.9 Å². The van der Waals surface area contributed by atoms with Gasteiger partial charge in [0.15, 0.2) is 0 Å². The van der Waals surface area contributed by atoms with Gasteiger partial charge in [0, 0.05) is 31.6 Å². The summed E-state index contributed by atoms with van der Waals surface area (Å²) >= 11 is 0. The van der Waals surface area contributed by atoms with Gasteiger partial charge in [-0.3, -0.25) is 0 Å². The van der Waals surface area contributed by atoms with Crippen LogP contribution in [0.3, 0.4) is 0 Å². The van der Waals surface area contributed by atoms with E-state index in [4.69, 9.17) is 18.9 Å². The van der Waals surface area contributed by atoms with Gasteiger partial charge in [-0.25, -0.2) is 9.59 Å². The molecule has 0 bridgehead atoms. The maximum absolute atomic E-state index is 12.5. The minimum absolute atomic E-state index is 0.00148. The fraction of sp³-hybridized carbons (Fsp3) is 0.500. The van der Waals surface area contributed by atoms with Gasteiger partial charge in [0.1, 0.15) is 12.4 Å². The van der Waals surface area contributed by atoms with Gasteiger partial charge in [-0.1, -0.05) is 6.07 Å². The fourth-order valence-electron chi connectivity index (χ4n) is 3.59. The quantitative estimate of drug-likeness (QED) is 0.676. The maximum atomic E-state index is 12.5. The van der Waals surface area contributed by atoms with Crippen LogP contribution in [0.15, 0.2) is 29.5 Å². The molecule has 0 radical (unpaired) electrons. The number of ether oxygens (including phenoxy) is 4. The van der Waals surface area contributed by atoms with Gasteiger partial charge in [0.25, 0.3) is 0 Å². The first kappa shape index (κ1) is 20.2. The molecule has 0 saturated heterocycles. The van der Waals surface area contributed by atoms with E-state index in [9.17, 15) is 9.59 Å². The summed E-state index contributed by atoms with van der Waals surface area (Å²) in [5.74, 6) is -1.21. The first-order valence-electron chi connectivity index (χ1n) is 9.22. The molecule has 28 heavy (non-hydrogen) atoms. The minimum Gasteiger partial charge on any atom is -0.466 e. The highest BCUT2D eigenvalue weighted by atomic mass is 16.5. The van der Waals surface area contributed by atoms with Crippen LogP contribution in [-0.4, -0.2) is 66.3 Å². The lowest BCUT2D eigenvalue weighted by atomic mass is 10.0. The van der Waals surface area contributed by atoms with Crippen LogP contribution in [0.4, 0.5) is 11.4 Å². The van der Waals surface area contributed by atoms with Gasteiger partial charge in [-0.05, 0) is 30.5 Å². The fourth-order valence-corrected chi connectivity index (χ4v) is 3.59. The molecule has 0 amide bonds. The molecule has 152 valence electrons. The molecule has 0 spiro atoms. The number of aryl methyl sites for hydroxylation is 1. The Morgan fingerprint density at radius 1 is 1.14 bits per heavy atom. The smallest absolute Gasteiger partial charge is 0.355 e. The lowest BCUT2D eigenvalue weighted by Crippen LogP contribution is -2.39. The van der Waals surface area contributed by atoms with Crippen molar-refractivity contribution in [1.82, 2.24) is 0 Å². The number of carbonyl (C=O) groups excluding carboxylic acids is 2. The van der Waals surface area contributed by atoms with E-state index in [1.165, 1.54) is 19.8 Å². The first-order valence-corrected chi connectivity index (χ1v) is 9.22. The number of hydrogen-bond acceptors (Lipinski definition) is 8. The van der Waals surface area contributed by atoms with E-state index in [1.54, 1.807) is 12.0 Å². The second-order valence-corrected chi connectivity index (χ2v) is 6.61. The van der Waals surface area contributed by atoms with Gasteiger partial charge >= 0.3 is 11.9 Å². The first-order chi connectivity index (χ1) is 13.6. The molecular weight excluding hydrogens is 364 g/mol. The molecule has 0 saturated carbocycles. The number of rotatable bonds is 6. The van der Waals surface area contributed by atoms with Gasteiger partial charge < -0.3 is 28.7 Å². The van der Waals surface area contributed by atoms with Crippen LogP contribution in [0.2, 0.25) is 0 Å². The summed E-state index contributed by atoms with van der Waals surface area (Å²) in [6.45, 7) is 2.51. The molecule has 1 aromatic rings. The number of hydrogen-bond donors (Lipinski definition) is 0. The summed E-state index contributed by atoms with van der Waals surface area (Å²) in [7, 11) is 4.25. The van der Waals surface area contributed by atoms with E-state index in [0.29, 0.717) is 6.61 Å². The van der Waals surface area contributed by atoms with Gasteiger partial charge in [0.2, 0.25) is 0 Å². The summed E-state index contributed by atoms with van der Waals surface area (Å²) < 4.78 is 20.5. The highest BCUT2D eigenvalue weighted by Crippen LogP contribution is 2.34. The molecule has 2 aliphatic heterocycles. The topological polar surface area (TPSA) is 77.5 Å². The molecule has 0 N–H and O–H groups in total. The third-order valence-corrected chi connectivity index (χ3v) is 4.99. The summed E-state index contributed by atoms with van der Waals surface area (Å²) in [6.07, 6.45) is 2.09. The molecule has 1 aromatic carbocycles. The average molecular weight is 390 g/mol. The second-order valence-electron chi connectivity index (χ2n) is 6.61.